The Morgan fingerprint density at radius 1 is 1.47 bits per heavy atom. The highest BCUT2D eigenvalue weighted by atomic mass is 16.3. The average Bonchev–Trinajstić information content (AvgIpc) is 2.50. The molecule has 0 amide bonds. The molecule has 1 aliphatic heterocycles. The molecule has 1 aromatic rings. The Morgan fingerprint density at radius 3 is 2.67 bits per heavy atom. The summed E-state index contributed by atoms with van der Waals surface area (Å²) in [6.45, 7) is 9.47. The molecule has 1 saturated heterocycles. The summed E-state index contributed by atoms with van der Waals surface area (Å²) >= 11 is 0. The Kier molecular flexibility index (Phi) is 3.07. The molecule has 1 fully saturated rings. The molecule has 4 heteroatoms. The lowest BCUT2D eigenvalue weighted by Gasteiger charge is -2.35. The molecule has 0 bridgehead atoms. The van der Waals surface area contributed by atoms with E-state index in [1.807, 2.05) is 6.92 Å². The van der Waals surface area contributed by atoms with Crippen molar-refractivity contribution in [2.45, 2.75) is 39.4 Å². The van der Waals surface area contributed by atoms with Gasteiger partial charge in [0.25, 0.3) is 0 Å². The Hall–Kier alpha value is -0.870. The summed E-state index contributed by atoms with van der Waals surface area (Å²) in [7, 11) is 0. The Bertz CT molecular complexity index is 313. The molecule has 2 unspecified atom stereocenters. The normalized spacial score (nSPS) is 28.2. The van der Waals surface area contributed by atoms with Crippen molar-refractivity contribution in [3.05, 3.63) is 17.8 Å². The van der Waals surface area contributed by atoms with Crippen molar-refractivity contribution in [2.75, 3.05) is 13.1 Å². The van der Waals surface area contributed by atoms with Crippen molar-refractivity contribution >= 4 is 0 Å². The van der Waals surface area contributed by atoms with E-state index in [2.05, 4.69) is 29.0 Å². The van der Waals surface area contributed by atoms with Crippen molar-refractivity contribution in [1.82, 2.24) is 15.2 Å². The van der Waals surface area contributed by atoms with Gasteiger partial charge in [-0.3, -0.25) is 4.90 Å². The van der Waals surface area contributed by atoms with Gasteiger partial charge in [0.15, 0.2) is 6.39 Å². The average molecular weight is 209 g/mol. The second-order valence-electron chi connectivity index (χ2n) is 4.52. The first kappa shape index (κ1) is 10.6. The second-order valence-corrected chi connectivity index (χ2v) is 4.52. The summed E-state index contributed by atoms with van der Waals surface area (Å²) in [6, 6.07) is 1.11. The standard InChI is InChI=1S/C11H19N3O/c1-8-4-14(5-9(2)13-8)6-11-10(3)15-7-12-11/h7-9,13H,4-6H2,1-3H3. The van der Waals surface area contributed by atoms with Crippen molar-refractivity contribution in [1.29, 1.82) is 0 Å². The van der Waals surface area contributed by atoms with Crippen molar-refractivity contribution in [3.8, 4) is 0 Å². The third kappa shape index (κ3) is 2.58. The predicted octanol–water partition coefficient (Wildman–Crippen LogP) is 1.17. The largest absolute Gasteiger partial charge is 0.448 e. The first-order valence-electron chi connectivity index (χ1n) is 5.52. The fourth-order valence-corrected chi connectivity index (χ4v) is 2.26. The number of nitrogens with zero attached hydrogens (tertiary/aromatic N) is 2. The zero-order valence-corrected chi connectivity index (χ0v) is 9.66. The van der Waals surface area contributed by atoms with E-state index in [4.69, 9.17) is 4.42 Å². The highest BCUT2D eigenvalue weighted by Crippen LogP contribution is 2.11. The molecule has 4 nitrogen and oxygen atoms in total. The van der Waals surface area contributed by atoms with E-state index in [0.29, 0.717) is 12.1 Å². The molecular weight excluding hydrogens is 190 g/mol. The smallest absolute Gasteiger partial charge is 0.181 e. The van der Waals surface area contributed by atoms with Gasteiger partial charge in [-0.15, -0.1) is 0 Å². The zero-order chi connectivity index (χ0) is 10.8. The van der Waals surface area contributed by atoms with E-state index in [1.165, 1.54) is 6.39 Å². The second kappa shape index (κ2) is 4.33. The number of rotatable bonds is 2. The van der Waals surface area contributed by atoms with Gasteiger partial charge in [0.05, 0.1) is 5.69 Å². The molecule has 0 saturated carbocycles. The lowest BCUT2D eigenvalue weighted by Crippen LogP contribution is -2.53. The van der Waals surface area contributed by atoms with Crippen LogP contribution in [0.15, 0.2) is 10.8 Å². The van der Waals surface area contributed by atoms with Crippen molar-refractivity contribution in [3.63, 3.8) is 0 Å². The number of hydrogen-bond acceptors (Lipinski definition) is 4. The lowest BCUT2D eigenvalue weighted by molar-refractivity contribution is 0.164. The summed E-state index contributed by atoms with van der Waals surface area (Å²) in [5.74, 6) is 0.939. The van der Waals surface area contributed by atoms with Gasteiger partial charge in [-0.25, -0.2) is 4.98 Å². The van der Waals surface area contributed by atoms with Gasteiger partial charge in [-0.1, -0.05) is 0 Å². The van der Waals surface area contributed by atoms with Crippen LogP contribution >= 0.6 is 0 Å². The van der Waals surface area contributed by atoms with E-state index >= 15 is 0 Å². The fraction of sp³-hybridized carbons (Fsp3) is 0.727. The van der Waals surface area contributed by atoms with Crippen LogP contribution in [0.2, 0.25) is 0 Å². The van der Waals surface area contributed by atoms with Crippen LogP contribution in [0.3, 0.4) is 0 Å². The van der Waals surface area contributed by atoms with Crippen LogP contribution in [-0.4, -0.2) is 35.1 Å². The van der Waals surface area contributed by atoms with Crippen LogP contribution in [0.4, 0.5) is 0 Å². The lowest BCUT2D eigenvalue weighted by atomic mass is 10.1. The minimum Gasteiger partial charge on any atom is -0.448 e. The molecule has 2 atom stereocenters. The Balaban J connectivity index is 1.97. The maximum atomic E-state index is 5.21. The van der Waals surface area contributed by atoms with E-state index in [9.17, 15) is 0 Å². The van der Waals surface area contributed by atoms with Crippen LogP contribution in [0.25, 0.3) is 0 Å². The highest BCUT2D eigenvalue weighted by molar-refractivity contribution is 5.05. The molecule has 84 valence electrons. The van der Waals surface area contributed by atoms with Gasteiger partial charge in [0, 0.05) is 31.7 Å². The van der Waals surface area contributed by atoms with Gasteiger partial charge in [0.1, 0.15) is 5.76 Å². The van der Waals surface area contributed by atoms with E-state index in [1.54, 1.807) is 0 Å². The molecule has 15 heavy (non-hydrogen) atoms. The summed E-state index contributed by atoms with van der Waals surface area (Å²) in [5.41, 5.74) is 1.07. The number of oxazole rings is 1. The SMILES string of the molecule is Cc1ocnc1CN1CC(C)NC(C)C1. The van der Waals surface area contributed by atoms with Crippen LogP contribution in [0, 0.1) is 6.92 Å². The highest BCUT2D eigenvalue weighted by Gasteiger charge is 2.21. The summed E-state index contributed by atoms with van der Waals surface area (Å²) < 4.78 is 5.21. The first-order valence-corrected chi connectivity index (χ1v) is 5.52. The maximum Gasteiger partial charge on any atom is 0.181 e. The Labute approximate surface area is 90.7 Å². The molecule has 0 aromatic carbocycles. The summed E-state index contributed by atoms with van der Waals surface area (Å²) in [5, 5.41) is 3.52. The molecule has 2 heterocycles. The van der Waals surface area contributed by atoms with Gasteiger partial charge >= 0.3 is 0 Å². The number of hydrogen-bond donors (Lipinski definition) is 1. The van der Waals surface area contributed by atoms with Gasteiger partial charge < -0.3 is 9.73 Å². The van der Waals surface area contributed by atoms with Gasteiger partial charge in [0.2, 0.25) is 0 Å². The number of aryl methyl sites for hydroxylation is 1. The number of piperazine rings is 1. The monoisotopic (exact) mass is 209 g/mol. The molecule has 0 spiro atoms. The van der Waals surface area contributed by atoms with Crippen molar-refractivity contribution < 1.29 is 4.42 Å². The first-order chi connectivity index (χ1) is 7.15. The minimum atomic E-state index is 0.556. The van der Waals surface area contributed by atoms with Crippen LogP contribution in [-0.2, 0) is 6.54 Å². The maximum absolute atomic E-state index is 5.21. The van der Waals surface area contributed by atoms with E-state index in [0.717, 1.165) is 31.1 Å². The van der Waals surface area contributed by atoms with Crippen molar-refractivity contribution in [2.24, 2.45) is 0 Å². The molecule has 1 aromatic heterocycles. The molecular formula is C11H19N3O. The summed E-state index contributed by atoms with van der Waals surface area (Å²) in [4.78, 5) is 6.66. The molecule has 1 aliphatic rings. The third-order valence-corrected chi connectivity index (χ3v) is 2.85. The molecule has 1 N–H and O–H groups in total. The van der Waals surface area contributed by atoms with E-state index < -0.39 is 0 Å². The molecule has 0 radical (unpaired) electrons. The number of nitrogens with one attached hydrogen (secondary N) is 1. The van der Waals surface area contributed by atoms with Gasteiger partial charge in [-0.05, 0) is 20.8 Å². The van der Waals surface area contributed by atoms with Crippen LogP contribution in [0.5, 0.6) is 0 Å². The van der Waals surface area contributed by atoms with Crippen LogP contribution < -0.4 is 5.32 Å². The predicted molar refractivity (Wildman–Crippen MR) is 58.6 cm³/mol. The van der Waals surface area contributed by atoms with Gasteiger partial charge in [-0.2, -0.15) is 0 Å². The summed E-state index contributed by atoms with van der Waals surface area (Å²) in [6.07, 6.45) is 1.53. The quantitative estimate of drug-likeness (QED) is 0.793. The fourth-order valence-electron chi connectivity index (χ4n) is 2.26. The number of aromatic nitrogens is 1. The molecule has 0 aliphatic carbocycles. The molecule has 2 rings (SSSR count). The Morgan fingerprint density at radius 2 is 2.13 bits per heavy atom. The third-order valence-electron chi connectivity index (χ3n) is 2.85. The zero-order valence-electron chi connectivity index (χ0n) is 9.66. The van der Waals surface area contributed by atoms with Crippen LogP contribution in [0.1, 0.15) is 25.3 Å². The van der Waals surface area contributed by atoms with E-state index in [-0.39, 0.29) is 0 Å². The topological polar surface area (TPSA) is 41.3 Å². The minimum absolute atomic E-state index is 0.556.